The van der Waals surface area contributed by atoms with Crippen molar-refractivity contribution in [1.29, 1.82) is 0 Å². The monoisotopic (exact) mass is 263 g/mol. The highest BCUT2D eigenvalue weighted by Crippen LogP contribution is 2.23. The highest BCUT2D eigenvalue weighted by molar-refractivity contribution is 5.92. The van der Waals surface area contributed by atoms with Crippen molar-refractivity contribution in [3.63, 3.8) is 0 Å². The molecule has 4 nitrogen and oxygen atoms in total. The van der Waals surface area contributed by atoms with Crippen molar-refractivity contribution in [3.8, 4) is 0 Å². The molecule has 106 valence electrons. The van der Waals surface area contributed by atoms with E-state index < -0.39 is 0 Å². The molecule has 0 spiro atoms. The fourth-order valence-electron chi connectivity index (χ4n) is 2.98. The maximum atomic E-state index is 12.5. The van der Waals surface area contributed by atoms with Crippen molar-refractivity contribution in [1.82, 2.24) is 14.8 Å². The van der Waals surface area contributed by atoms with Gasteiger partial charge in [0, 0.05) is 31.9 Å². The minimum absolute atomic E-state index is 0.153. The smallest absolute Gasteiger partial charge is 0.270 e. The average Bonchev–Trinajstić information content (AvgIpc) is 2.94. The zero-order valence-corrected chi connectivity index (χ0v) is 12.2. The van der Waals surface area contributed by atoms with Gasteiger partial charge >= 0.3 is 0 Å². The Kier molecular flexibility index (Phi) is 4.64. The molecule has 19 heavy (non-hydrogen) atoms. The van der Waals surface area contributed by atoms with Crippen LogP contribution >= 0.6 is 0 Å². The van der Waals surface area contributed by atoms with Crippen LogP contribution in [0.5, 0.6) is 0 Å². The molecule has 1 N–H and O–H groups in total. The molecular weight excluding hydrogens is 238 g/mol. The van der Waals surface area contributed by atoms with Crippen LogP contribution in [0.1, 0.15) is 43.1 Å². The summed E-state index contributed by atoms with van der Waals surface area (Å²) in [6.07, 6.45) is 6.49. The summed E-state index contributed by atoms with van der Waals surface area (Å²) >= 11 is 0. The Morgan fingerprint density at radius 3 is 2.68 bits per heavy atom. The van der Waals surface area contributed by atoms with Crippen molar-refractivity contribution in [3.05, 3.63) is 24.0 Å². The van der Waals surface area contributed by atoms with Crippen LogP contribution in [-0.4, -0.2) is 41.6 Å². The quantitative estimate of drug-likeness (QED) is 0.903. The van der Waals surface area contributed by atoms with E-state index in [9.17, 15) is 4.79 Å². The van der Waals surface area contributed by atoms with Gasteiger partial charge in [0.1, 0.15) is 5.69 Å². The van der Waals surface area contributed by atoms with Gasteiger partial charge in [-0.2, -0.15) is 0 Å². The summed E-state index contributed by atoms with van der Waals surface area (Å²) in [5, 5.41) is 3.33. The fourth-order valence-corrected chi connectivity index (χ4v) is 2.98. The van der Waals surface area contributed by atoms with E-state index in [0.717, 1.165) is 37.9 Å². The van der Waals surface area contributed by atoms with E-state index in [1.807, 2.05) is 41.9 Å². The van der Waals surface area contributed by atoms with E-state index >= 15 is 0 Å². The van der Waals surface area contributed by atoms with Gasteiger partial charge in [-0.15, -0.1) is 0 Å². The second kappa shape index (κ2) is 6.24. The summed E-state index contributed by atoms with van der Waals surface area (Å²) < 4.78 is 2.01. The SMILES string of the molecule is CCn1cccc1C(=O)N(C)C1CCC(NC)CC1. The van der Waals surface area contributed by atoms with Crippen LogP contribution in [0, 0.1) is 0 Å². The predicted octanol–water partition coefficient (Wildman–Crippen LogP) is 2.11. The molecular formula is C15H25N3O. The van der Waals surface area contributed by atoms with E-state index in [-0.39, 0.29) is 5.91 Å². The molecule has 0 saturated heterocycles. The van der Waals surface area contributed by atoms with E-state index in [2.05, 4.69) is 12.2 Å². The van der Waals surface area contributed by atoms with Gasteiger partial charge < -0.3 is 14.8 Å². The topological polar surface area (TPSA) is 37.3 Å². The molecule has 2 rings (SSSR count). The number of amides is 1. The molecule has 0 aromatic carbocycles. The second-order valence-corrected chi connectivity index (χ2v) is 5.39. The van der Waals surface area contributed by atoms with E-state index in [1.54, 1.807) is 0 Å². The van der Waals surface area contributed by atoms with Crippen molar-refractivity contribution < 1.29 is 4.79 Å². The molecule has 0 bridgehead atoms. The lowest BCUT2D eigenvalue weighted by molar-refractivity contribution is 0.0675. The van der Waals surface area contributed by atoms with Gasteiger partial charge in [0.2, 0.25) is 0 Å². The maximum absolute atomic E-state index is 12.5. The highest BCUT2D eigenvalue weighted by Gasteiger charge is 2.27. The number of nitrogens with zero attached hydrogens (tertiary/aromatic N) is 2. The molecule has 0 atom stereocenters. The van der Waals surface area contributed by atoms with Crippen LogP contribution < -0.4 is 5.32 Å². The Morgan fingerprint density at radius 2 is 2.11 bits per heavy atom. The van der Waals surface area contributed by atoms with E-state index in [4.69, 9.17) is 0 Å². The first-order valence-corrected chi connectivity index (χ1v) is 7.27. The minimum Gasteiger partial charge on any atom is -0.344 e. The Labute approximate surface area is 115 Å². The first kappa shape index (κ1) is 14.1. The van der Waals surface area contributed by atoms with Gasteiger partial charge in [-0.05, 0) is 51.8 Å². The van der Waals surface area contributed by atoms with Crippen LogP contribution in [0.15, 0.2) is 18.3 Å². The number of aromatic nitrogens is 1. The van der Waals surface area contributed by atoms with Crippen LogP contribution in [0.3, 0.4) is 0 Å². The van der Waals surface area contributed by atoms with Crippen molar-refractivity contribution in [2.45, 2.75) is 51.2 Å². The molecule has 0 radical (unpaired) electrons. The summed E-state index contributed by atoms with van der Waals surface area (Å²) in [6, 6.07) is 4.88. The molecule has 1 amide bonds. The lowest BCUT2D eigenvalue weighted by Crippen LogP contribution is -2.43. The number of nitrogens with one attached hydrogen (secondary N) is 1. The predicted molar refractivity (Wildman–Crippen MR) is 77.3 cm³/mol. The Morgan fingerprint density at radius 1 is 1.42 bits per heavy atom. The zero-order valence-electron chi connectivity index (χ0n) is 12.2. The van der Waals surface area contributed by atoms with Crippen molar-refractivity contribution in [2.75, 3.05) is 14.1 Å². The first-order chi connectivity index (χ1) is 9.17. The van der Waals surface area contributed by atoms with Gasteiger partial charge in [-0.1, -0.05) is 0 Å². The maximum Gasteiger partial charge on any atom is 0.270 e. The van der Waals surface area contributed by atoms with Gasteiger partial charge in [-0.3, -0.25) is 4.79 Å². The highest BCUT2D eigenvalue weighted by atomic mass is 16.2. The molecule has 1 saturated carbocycles. The zero-order chi connectivity index (χ0) is 13.8. The summed E-state index contributed by atoms with van der Waals surface area (Å²) in [5.74, 6) is 0.153. The van der Waals surface area contributed by atoms with Crippen LogP contribution in [0.25, 0.3) is 0 Å². The Balaban J connectivity index is 2.00. The van der Waals surface area contributed by atoms with Gasteiger partial charge in [0.15, 0.2) is 0 Å². The molecule has 1 aromatic heterocycles. The average molecular weight is 263 g/mol. The normalized spacial score (nSPS) is 23.3. The minimum atomic E-state index is 0.153. The fraction of sp³-hybridized carbons (Fsp3) is 0.667. The molecule has 1 aromatic rings. The van der Waals surface area contributed by atoms with E-state index in [1.165, 1.54) is 0 Å². The third-order valence-corrected chi connectivity index (χ3v) is 4.36. The molecule has 0 unspecified atom stereocenters. The first-order valence-electron chi connectivity index (χ1n) is 7.27. The number of carbonyl (C=O) groups excluding carboxylic acids is 1. The third-order valence-electron chi connectivity index (χ3n) is 4.36. The lowest BCUT2D eigenvalue weighted by atomic mass is 9.90. The van der Waals surface area contributed by atoms with E-state index in [0.29, 0.717) is 12.1 Å². The summed E-state index contributed by atoms with van der Waals surface area (Å²) in [4.78, 5) is 14.5. The number of hydrogen-bond acceptors (Lipinski definition) is 2. The molecule has 1 fully saturated rings. The van der Waals surface area contributed by atoms with Gasteiger partial charge in [0.05, 0.1) is 0 Å². The number of aryl methyl sites for hydroxylation is 1. The second-order valence-electron chi connectivity index (χ2n) is 5.39. The summed E-state index contributed by atoms with van der Waals surface area (Å²) in [6.45, 7) is 2.91. The van der Waals surface area contributed by atoms with Crippen LogP contribution in [0.4, 0.5) is 0 Å². The Bertz CT molecular complexity index is 419. The number of rotatable bonds is 4. The number of hydrogen-bond donors (Lipinski definition) is 1. The molecule has 1 aliphatic rings. The van der Waals surface area contributed by atoms with Crippen LogP contribution in [0.2, 0.25) is 0 Å². The molecule has 4 heteroatoms. The third kappa shape index (κ3) is 3.00. The van der Waals surface area contributed by atoms with Crippen LogP contribution in [-0.2, 0) is 6.54 Å². The number of carbonyl (C=O) groups is 1. The van der Waals surface area contributed by atoms with Gasteiger partial charge in [-0.25, -0.2) is 0 Å². The van der Waals surface area contributed by atoms with Crippen molar-refractivity contribution in [2.24, 2.45) is 0 Å². The summed E-state index contributed by atoms with van der Waals surface area (Å²) in [7, 11) is 3.97. The van der Waals surface area contributed by atoms with Gasteiger partial charge in [0.25, 0.3) is 5.91 Å². The molecule has 1 aliphatic carbocycles. The molecule has 1 heterocycles. The summed E-state index contributed by atoms with van der Waals surface area (Å²) in [5.41, 5.74) is 0.806. The lowest BCUT2D eigenvalue weighted by Gasteiger charge is -2.34. The molecule has 0 aliphatic heterocycles. The van der Waals surface area contributed by atoms with Crippen molar-refractivity contribution >= 4 is 5.91 Å². The standard InChI is InChI=1S/C15H25N3O/c1-4-18-11-5-6-14(18)15(19)17(3)13-9-7-12(16-2)8-10-13/h5-6,11-13,16H,4,7-10H2,1-3H3. The largest absolute Gasteiger partial charge is 0.344 e. The Hall–Kier alpha value is -1.29.